The lowest BCUT2D eigenvalue weighted by molar-refractivity contribution is -0.383. The van der Waals surface area contributed by atoms with Gasteiger partial charge in [-0.3, -0.25) is 14.9 Å². The highest BCUT2D eigenvalue weighted by Gasteiger charge is 2.19. The predicted molar refractivity (Wildman–Crippen MR) is 72.4 cm³/mol. The molecule has 7 heteroatoms. The number of nitrogens with one attached hydrogen (secondary N) is 2. The molecule has 1 aromatic carbocycles. The van der Waals surface area contributed by atoms with Crippen molar-refractivity contribution in [2.45, 2.75) is 13.8 Å². The minimum absolute atomic E-state index is 0.0753. The van der Waals surface area contributed by atoms with Crippen LogP contribution in [0.25, 0.3) is 0 Å². The molecule has 0 spiro atoms. The SMILES string of the molecule is CCNc1cccc(NCC(=O)OCC)c1[N+](=O)[O-]. The zero-order valence-corrected chi connectivity index (χ0v) is 10.9. The molecule has 0 fully saturated rings. The fourth-order valence-corrected chi connectivity index (χ4v) is 1.60. The van der Waals surface area contributed by atoms with Crippen molar-refractivity contribution in [1.82, 2.24) is 0 Å². The lowest BCUT2D eigenvalue weighted by Crippen LogP contribution is -2.17. The number of hydrogen-bond donors (Lipinski definition) is 2. The Bertz CT molecular complexity index is 462. The summed E-state index contributed by atoms with van der Waals surface area (Å²) >= 11 is 0. The minimum atomic E-state index is -0.481. The third-order valence-electron chi connectivity index (χ3n) is 2.31. The van der Waals surface area contributed by atoms with E-state index >= 15 is 0 Å². The largest absolute Gasteiger partial charge is 0.465 e. The van der Waals surface area contributed by atoms with Crippen LogP contribution in [0.4, 0.5) is 17.1 Å². The Morgan fingerprint density at radius 2 is 1.95 bits per heavy atom. The van der Waals surface area contributed by atoms with E-state index in [1.54, 1.807) is 25.1 Å². The Hall–Kier alpha value is -2.31. The molecule has 1 rings (SSSR count). The van der Waals surface area contributed by atoms with Crippen LogP contribution in [0.1, 0.15) is 13.8 Å². The highest BCUT2D eigenvalue weighted by molar-refractivity contribution is 5.80. The predicted octanol–water partition coefficient (Wildman–Crippen LogP) is 2.00. The fourth-order valence-electron chi connectivity index (χ4n) is 1.60. The van der Waals surface area contributed by atoms with Gasteiger partial charge in [0.05, 0.1) is 11.5 Å². The van der Waals surface area contributed by atoms with Crippen LogP contribution in [0.5, 0.6) is 0 Å². The maximum atomic E-state index is 11.2. The number of hydrogen-bond acceptors (Lipinski definition) is 6. The minimum Gasteiger partial charge on any atom is -0.465 e. The molecular weight excluding hydrogens is 250 g/mol. The third kappa shape index (κ3) is 4.13. The number of nitro benzene ring substituents is 1. The molecule has 0 bridgehead atoms. The zero-order valence-electron chi connectivity index (χ0n) is 10.9. The molecule has 0 unspecified atom stereocenters. The van der Waals surface area contributed by atoms with E-state index in [2.05, 4.69) is 10.6 Å². The summed E-state index contributed by atoms with van der Waals surface area (Å²) in [4.78, 5) is 21.9. The summed E-state index contributed by atoms with van der Waals surface area (Å²) in [6.07, 6.45) is 0. The van der Waals surface area contributed by atoms with Gasteiger partial charge in [-0.05, 0) is 26.0 Å². The van der Waals surface area contributed by atoms with Gasteiger partial charge in [-0.25, -0.2) is 0 Å². The number of nitrogens with zero attached hydrogens (tertiary/aromatic N) is 1. The van der Waals surface area contributed by atoms with E-state index in [1.165, 1.54) is 0 Å². The number of para-hydroxylation sites is 1. The molecule has 1 aromatic rings. The molecule has 2 N–H and O–H groups in total. The molecule has 0 aliphatic rings. The van der Waals surface area contributed by atoms with Crippen molar-refractivity contribution in [2.24, 2.45) is 0 Å². The van der Waals surface area contributed by atoms with E-state index in [-0.39, 0.29) is 24.5 Å². The number of ether oxygens (including phenoxy) is 1. The van der Waals surface area contributed by atoms with Gasteiger partial charge in [0, 0.05) is 6.54 Å². The van der Waals surface area contributed by atoms with Crippen molar-refractivity contribution < 1.29 is 14.5 Å². The summed E-state index contributed by atoms with van der Waals surface area (Å²) < 4.78 is 4.75. The van der Waals surface area contributed by atoms with Crippen LogP contribution in [0.3, 0.4) is 0 Å². The van der Waals surface area contributed by atoms with E-state index in [1.807, 2.05) is 6.92 Å². The number of anilines is 2. The maximum absolute atomic E-state index is 11.2. The number of carbonyl (C=O) groups is 1. The van der Waals surface area contributed by atoms with Gasteiger partial charge in [0.25, 0.3) is 0 Å². The van der Waals surface area contributed by atoms with Crippen LogP contribution in [0.2, 0.25) is 0 Å². The Balaban J connectivity index is 2.90. The molecule has 0 aliphatic carbocycles. The summed E-state index contributed by atoms with van der Waals surface area (Å²) in [7, 11) is 0. The molecule has 0 aromatic heterocycles. The van der Waals surface area contributed by atoms with E-state index in [4.69, 9.17) is 4.74 Å². The fraction of sp³-hybridized carbons (Fsp3) is 0.417. The summed E-state index contributed by atoms with van der Waals surface area (Å²) in [6.45, 7) is 4.29. The first-order chi connectivity index (χ1) is 9.10. The van der Waals surface area contributed by atoms with Crippen LogP contribution >= 0.6 is 0 Å². The monoisotopic (exact) mass is 267 g/mol. The molecule has 0 heterocycles. The maximum Gasteiger partial charge on any atom is 0.325 e. The van der Waals surface area contributed by atoms with Crippen molar-refractivity contribution in [1.29, 1.82) is 0 Å². The zero-order chi connectivity index (χ0) is 14.3. The number of carbonyl (C=O) groups excluding carboxylic acids is 1. The number of esters is 1. The second-order valence-corrected chi connectivity index (χ2v) is 3.65. The van der Waals surface area contributed by atoms with Crippen LogP contribution in [-0.4, -0.2) is 30.6 Å². The molecule has 0 saturated heterocycles. The molecular formula is C12H17N3O4. The first-order valence-corrected chi connectivity index (χ1v) is 6.00. The van der Waals surface area contributed by atoms with Gasteiger partial charge in [-0.15, -0.1) is 0 Å². The highest BCUT2D eigenvalue weighted by atomic mass is 16.6. The molecule has 0 saturated carbocycles. The molecule has 0 aliphatic heterocycles. The van der Waals surface area contributed by atoms with E-state index < -0.39 is 10.9 Å². The average Bonchev–Trinajstić information content (AvgIpc) is 2.37. The van der Waals surface area contributed by atoms with Crippen molar-refractivity contribution in [3.63, 3.8) is 0 Å². The first kappa shape index (κ1) is 14.7. The standard InChI is InChI=1S/C12H17N3O4/c1-3-13-9-6-5-7-10(12(9)15(17)18)14-8-11(16)19-4-2/h5-7,13-14H,3-4,8H2,1-2H3. The van der Waals surface area contributed by atoms with Gasteiger partial charge in [-0.2, -0.15) is 0 Å². The lowest BCUT2D eigenvalue weighted by atomic mass is 10.2. The molecule has 0 radical (unpaired) electrons. The summed E-state index contributed by atoms with van der Waals surface area (Å²) in [5.74, 6) is -0.453. The van der Waals surface area contributed by atoms with Crippen molar-refractivity contribution in [3.8, 4) is 0 Å². The van der Waals surface area contributed by atoms with E-state index in [0.717, 1.165) is 0 Å². The van der Waals surface area contributed by atoms with Gasteiger partial charge in [0.15, 0.2) is 0 Å². The molecule has 104 valence electrons. The Morgan fingerprint density at radius 3 is 2.47 bits per heavy atom. The van der Waals surface area contributed by atoms with Gasteiger partial charge >= 0.3 is 11.7 Å². The highest BCUT2D eigenvalue weighted by Crippen LogP contribution is 2.32. The lowest BCUT2D eigenvalue weighted by Gasteiger charge is -2.10. The number of benzene rings is 1. The second-order valence-electron chi connectivity index (χ2n) is 3.65. The van der Waals surface area contributed by atoms with E-state index in [9.17, 15) is 14.9 Å². The van der Waals surface area contributed by atoms with Crippen molar-refractivity contribution in [3.05, 3.63) is 28.3 Å². The second kappa shape index (κ2) is 7.20. The van der Waals surface area contributed by atoms with Crippen LogP contribution < -0.4 is 10.6 Å². The Labute approximate surface area is 111 Å². The van der Waals surface area contributed by atoms with E-state index in [0.29, 0.717) is 12.2 Å². The van der Waals surface area contributed by atoms with Gasteiger partial charge in [0.2, 0.25) is 0 Å². The molecule has 0 amide bonds. The third-order valence-corrected chi connectivity index (χ3v) is 2.31. The topological polar surface area (TPSA) is 93.5 Å². The smallest absolute Gasteiger partial charge is 0.325 e. The summed E-state index contributed by atoms with van der Waals surface area (Å²) in [6, 6.07) is 4.86. The van der Waals surface area contributed by atoms with Gasteiger partial charge in [-0.1, -0.05) is 6.07 Å². The number of rotatable bonds is 7. The average molecular weight is 267 g/mol. The first-order valence-electron chi connectivity index (χ1n) is 6.00. The normalized spacial score (nSPS) is 9.79. The summed E-state index contributed by atoms with van der Waals surface area (Å²) in [5, 5.41) is 16.7. The number of nitro groups is 1. The quantitative estimate of drug-likeness (QED) is 0.446. The Kier molecular flexibility index (Phi) is 5.59. The Morgan fingerprint density at radius 1 is 1.32 bits per heavy atom. The molecule has 7 nitrogen and oxygen atoms in total. The van der Waals surface area contributed by atoms with Crippen LogP contribution in [-0.2, 0) is 9.53 Å². The summed E-state index contributed by atoms with van der Waals surface area (Å²) in [5.41, 5.74) is 0.631. The van der Waals surface area contributed by atoms with Crippen molar-refractivity contribution >= 4 is 23.0 Å². The van der Waals surface area contributed by atoms with Crippen molar-refractivity contribution in [2.75, 3.05) is 30.3 Å². The van der Waals surface area contributed by atoms with Crippen LogP contribution in [0.15, 0.2) is 18.2 Å². The molecule has 0 atom stereocenters. The molecule has 19 heavy (non-hydrogen) atoms. The van der Waals surface area contributed by atoms with Gasteiger partial charge in [0.1, 0.15) is 17.9 Å². The van der Waals surface area contributed by atoms with Crippen LogP contribution in [0, 0.1) is 10.1 Å². The van der Waals surface area contributed by atoms with Gasteiger partial charge < -0.3 is 15.4 Å².